The molecule has 3 saturated heterocycles. The van der Waals surface area contributed by atoms with Gasteiger partial charge in [0.1, 0.15) is 0 Å². The Balaban J connectivity index is 0.00000225. The maximum Gasteiger partial charge on any atom is 0.0629 e. The summed E-state index contributed by atoms with van der Waals surface area (Å²) < 4.78 is 0. The van der Waals surface area contributed by atoms with Crippen LogP contribution < -0.4 is 16.4 Å². The van der Waals surface area contributed by atoms with Gasteiger partial charge in [0, 0.05) is 52.0 Å². The summed E-state index contributed by atoms with van der Waals surface area (Å²) in [5.74, 6) is 0.978. The number of piperidine rings is 3. The summed E-state index contributed by atoms with van der Waals surface area (Å²) in [6, 6.07) is 8.57. The Morgan fingerprint density at radius 1 is 1.38 bits per heavy atom. The van der Waals surface area contributed by atoms with Crippen LogP contribution in [0.4, 0.5) is 5.69 Å². The number of fused-ring (bicyclic) bond motifs is 3. The Labute approximate surface area is 146 Å². The van der Waals surface area contributed by atoms with E-state index in [1.807, 2.05) is 44.4 Å². The molecule has 1 aromatic rings. The van der Waals surface area contributed by atoms with Gasteiger partial charge < -0.3 is 21.8 Å². The van der Waals surface area contributed by atoms with Gasteiger partial charge in [-0.3, -0.25) is 4.90 Å². The summed E-state index contributed by atoms with van der Waals surface area (Å²) in [6.45, 7) is 2.86. The molecule has 5 nitrogen and oxygen atoms in total. The second kappa shape index (κ2) is 6.95. The highest BCUT2D eigenvalue weighted by atomic mass is 15.2. The minimum absolute atomic E-state index is 0. The number of nitrogens with zero attached hydrogens (tertiary/aromatic N) is 2. The van der Waals surface area contributed by atoms with Crippen LogP contribution in [-0.4, -0.2) is 50.4 Å². The number of nitrogens with one attached hydrogen (secondary N) is 1. The van der Waals surface area contributed by atoms with Gasteiger partial charge in [0.25, 0.3) is 0 Å². The zero-order valence-corrected chi connectivity index (χ0v) is 14.7. The van der Waals surface area contributed by atoms with Crippen LogP contribution in [0.15, 0.2) is 36.0 Å². The zero-order valence-electron chi connectivity index (χ0n) is 14.7. The lowest BCUT2D eigenvalue weighted by molar-refractivity contribution is 0.0186. The molecular formula is C19H31N5. The summed E-state index contributed by atoms with van der Waals surface area (Å²) in [5, 5.41) is 8.36. The first-order valence-electron chi connectivity index (χ1n) is 8.77. The Morgan fingerprint density at radius 2 is 2.08 bits per heavy atom. The van der Waals surface area contributed by atoms with Crippen LogP contribution in [0.2, 0.25) is 0 Å². The molecule has 0 saturated carbocycles. The predicted octanol–water partition coefficient (Wildman–Crippen LogP) is 1.88. The molecular weight excluding hydrogens is 298 g/mol. The van der Waals surface area contributed by atoms with Gasteiger partial charge in [0.05, 0.1) is 5.71 Å². The maximum absolute atomic E-state index is 8.36. The standard InChI is InChI=1S/C19H29N5.H2/c1-23(2)15-5-3-13(4-6-15)18(21)10-19(22)17-12-24-8-7-14(17)9-16(24)11-20;/h3-6,10,14,16-17,21H,7-9,11-12,20,22H2,1-2H3;1H/b19-10-,21-18?;/t14-,16+,17-;/m0./s1. The second-order valence-electron chi connectivity index (χ2n) is 7.27. The van der Waals surface area contributed by atoms with E-state index in [9.17, 15) is 0 Å². The van der Waals surface area contributed by atoms with Crippen LogP contribution in [0.3, 0.4) is 0 Å². The van der Waals surface area contributed by atoms with Crippen LogP contribution in [-0.2, 0) is 0 Å². The van der Waals surface area contributed by atoms with E-state index in [2.05, 4.69) is 9.80 Å². The molecule has 0 aliphatic carbocycles. The number of anilines is 1. The summed E-state index contributed by atoms with van der Waals surface area (Å²) in [7, 11) is 4.03. The van der Waals surface area contributed by atoms with Crippen LogP contribution in [0, 0.1) is 17.2 Å². The van der Waals surface area contributed by atoms with Gasteiger partial charge >= 0.3 is 0 Å². The Bertz CT molecular complexity index is 625. The quantitative estimate of drug-likeness (QED) is 0.720. The lowest BCUT2D eigenvalue weighted by atomic mass is 9.74. The average molecular weight is 329 g/mol. The lowest BCUT2D eigenvalue weighted by Gasteiger charge is -2.49. The van der Waals surface area contributed by atoms with Crippen molar-refractivity contribution in [3.05, 3.63) is 41.6 Å². The van der Waals surface area contributed by atoms with E-state index >= 15 is 0 Å². The van der Waals surface area contributed by atoms with Crippen LogP contribution >= 0.6 is 0 Å². The summed E-state index contributed by atoms with van der Waals surface area (Å²) in [6.07, 6.45) is 4.19. The first-order valence-corrected chi connectivity index (χ1v) is 8.77. The molecule has 1 unspecified atom stereocenters. The minimum atomic E-state index is 0. The van der Waals surface area contributed by atoms with Gasteiger partial charge in [0.2, 0.25) is 0 Å². The smallest absolute Gasteiger partial charge is 0.0629 e. The van der Waals surface area contributed by atoms with Crippen molar-refractivity contribution in [1.82, 2.24) is 4.90 Å². The van der Waals surface area contributed by atoms with Crippen molar-refractivity contribution < 1.29 is 1.43 Å². The number of nitrogens with two attached hydrogens (primary N) is 2. The molecule has 3 fully saturated rings. The Hall–Kier alpha value is -1.85. The molecule has 4 atom stereocenters. The number of allylic oxidation sites excluding steroid dienone is 1. The van der Waals surface area contributed by atoms with Crippen molar-refractivity contribution in [2.75, 3.05) is 38.6 Å². The summed E-state index contributed by atoms with van der Waals surface area (Å²) >= 11 is 0. The largest absolute Gasteiger partial charge is 0.402 e. The summed E-state index contributed by atoms with van der Waals surface area (Å²) in [4.78, 5) is 4.53. The van der Waals surface area contributed by atoms with Gasteiger partial charge in [-0.15, -0.1) is 0 Å². The van der Waals surface area contributed by atoms with Crippen molar-refractivity contribution in [3.63, 3.8) is 0 Å². The average Bonchev–Trinajstić information content (AvgIpc) is 2.61. The normalized spacial score (nSPS) is 29.5. The van der Waals surface area contributed by atoms with E-state index in [-0.39, 0.29) is 1.43 Å². The second-order valence-corrected chi connectivity index (χ2v) is 7.27. The van der Waals surface area contributed by atoms with E-state index in [0.717, 1.165) is 43.0 Å². The van der Waals surface area contributed by atoms with Crippen LogP contribution in [0.25, 0.3) is 0 Å². The molecule has 2 bridgehead atoms. The molecule has 5 heteroatoms. The first-order chi connectivity index (χ1) is 11.5. The van der Waals surface area contributed by atoms with Crippen LogP contribution in [0.5, 0.6) is 0 Å². The monoisotopic (exact) mass is 329 g/mol. The van der Waals surface area contributed by atoms with Gasteiger partial charge in [-0.1, -0.05) is 12.1 Å². The molecule has 24 heavy (non-hydrogen) atoms. The Kier molecular flexibility index (Phi) is 4.92. The molecule has 0 aromatic heterocycles. The molecule has 0 spiro atoms. The van der Waals surface area contributed by atoms with Crippen molar-refractivity contribution in [3.8, 4) is 0 Å². The molecule has 3 aliphatic heterocycles. The van der Waals surface area contributed by atoms with Gasteiger partial charge in [-0.25, -0.2) is 0 Å². The SMILES string of the molecule is CN(C)c1ccc(C(=N)/C=C(\N)[C@H]2CN3CC[C@H]2C[C@@H]3CN)cc1.[HH]. The molecule has 4 rings (SSSR count). The fourth-order valence-electron chi connectivity index (χ4n) is 4.06. The first kappa shape index (κ1) is 17.0. The molecule has 0 radical (unpaired) electrons. The number of benzene rings is 1. The topological polar surface area (TPSA) is 82.4 Å². The maximum atomic E-state index is 8.36. The fraction of sp³-hybridized carbons (Fsp3) is 0.526. The van der Waals surface area contributed by atoms with Gasteiger partial charge in [0.15, 0.2) is 0 Å². The third-order valence-electron chi connectivity index (χ3n) is 5.58. The highest BCUT2D eigenvalue weighted by Gasteiger charge is 2.40. The molecule has 132 valence electrons. The van der Waals surface area contributed by atoms with E-state index in [1.165, 1.54) is 6.42 Å². The lowest BCUT2D eigenvalue weighted by Crippen LogP contribution is -2.56. The molecule has 3 aliphatic rings. The molecule has 0 amide bonds. The summed E-state index contributed by atoms with van der Waals surface area (Å²) in [5.41, 5.74) is 15.6. The van der Waals surface area contributed by atoms with E-state index in [0.29, 0.717) is 23.6 Å². The van der Waals surface area contributed by atoms with Gasteiger partial charge in [-0.05, 0) is 49.1 Å². The molecule has 1 aromatic carbocycles. The van der Waals surface area contributed by atoms with Gasteiger partial charge in [-0.2, -0.15) is 0 Å². The predicted molar refractivity (Wildman–Crippen MR) is 103 cm³/mol. The highest BCUT2D eigenvalue weighted by molar-refractivity contribution is 6.07. The van der Waals surface area contributed by atoms with E-state index in [1.54, 1.807) is 0 Å². The third kappa shape index (κ3) is 3.32. The third-order valence-corrected chi connectivity index (χ3v) is 5.58. The molecule has 3 heterocycles. The fourth-order valence-corrected chi connectivity index (χ4v) is 4.06. The minimum Gasteiger partial charge on any atom is -0.402 e. The van der Waals surface area contributed by atoms with Crippen molar-refractivity contribution in [1.29, 1.82) is 5.41 Å². The Morgan fingerprint density at radius 3 is 2.62 bits per heavy atom. The van der Waals surface area contributed by atoms with E-state index in [4.69, 9.17) is 16.9 Å². The van der Waals surface area contributed by atoms with Crippen LogP contribution in [0.1, 0.15) is 19.8 Å². The number of hydrogen-bond acceptors (Lipinski definition) is 5. The number of rotatable bonds is 5. The highest BCUT2D eigenvalue weighted by Crippen LogP contribution is 2.38. The number of hydrogen-bond donors (Lipinski definition) is 3. The zero-order chi connectivity index (χ0) is 17.3. The van der Waals surface area contributed by atoms with Crippen molar-refractivity contribution in [2.45, 2.75) is 18.9 Å². The van der Waals surface area contributed by atoms with Crippen molar-refractivity contribution >= 4 is 11.4 Å². The van der Waals surface area contributed by atoms with Crippen molar-refractivity contribution in [2.24, 2.45) is 23.3 Å². The van der Waals surface area contributed by atoms with E-state index < -0.39 is 0 Å². The molecule has 5 N–H and O–H groups in total.